The monoisotopic (exact) mass is 349 g/mol. The van der Waals surface area contributed by atoms with E-state index in [1.54, 1.807) is 12.1 Å². The molecule has 7 heteroatoms. The van der Waals surface area contributed by atoms with Gasteiger partial charge in [-0.3, -0.25) is 5.01 Å². The number of hydrogen-bond donors (Lipinski definition) is 2. The molecule has 0 spiro atoms. The average Bonchev–Trinajstić information content (AvgIpc) is 2.30. The molecule has 0 aliphatic heterocycles. The minimum absolute atomic E-state index is 0.0830. The predicted octanol–water partition coefficient (Wildman–Crippen LogP) is 3.50. The molecule has 0 fully saturated rings. The van der Waals surface area contributed by atoms with E-state index in [4.69, 9.17) is 17.3 Å². The van der Waals surface area contributed by atoms with Crippen molar-refractivity contribution >= 4 is 33.2 Å². The molecule has 0 aromatic heterocycles. The zero-order chi connectivity index (χ0) is 14.8. The molecule has 5 nitrogen and oxygen atoms in total. The van der Waals surface area contributed by atoms with Crippen LogP contribution in [0.25, 0.3) is 0 Å². The van der Waals surface area contributed by atoms with Crippen molar-refractivity contribution in [2.75, 3.05) is 12.3 Å². The molecule has 0 heterocycles. The number of anilines is 1. The van der Waals surface area contributed by atoms with Gasteiger partial charge in [0.2, 0.25) is 0 Å². The third-order valence-corrected chi connectivity index (χ3v) is 3.67. The van der Waals surface area contributed by atoms with Crippen LogP contribution in [-0.4, -0.2) is 22.2 Å². The van der Waals surface area contributed by atoms with E-state index in [0.29, 0.717) is 20.7 Å². The Kier molecular flexibility index (Phi) is 5.18. The Labute approximate surface area is 125 Å². The number of halogens is 2. The zero-order valence-corrected chi connectivity index (χ0v) is 13.4. The molecule has 0 saturated carbocycles. The Bertz CT molecular complexity index is 454. The maximum absolute atomic E-state index is 10.8. The Morgan fingerprint density at radius 3 is 2.53 bits per heavy atom. The minimum Gasteiger partial charge on any atom is -0.397 e. The summed E-state index contributed by atoms with van der Waals surface area (Å²) in [5.41, 5.74) is 6.24. The topological polar surface area (TPSA) is 78.9 Å². The van der Waals surface area contributed by atoms with Crippen LogP contribution in [0.15, 0.2) is 21.9 Å². The second kappa shape index (κ2) is 6.07. The number of aliphatic hydroxyl groups excluding tert-OH is 1. The van der Waals surface area contributed by atoms with Gasteiger partial charge in [-0.15, -0.1) is 4.91 Å². The van der Waals surface area contributed by atoms with E-state index in [1.165, 1.54) is 5.01 Å². The van der Waals surface area contributed by atoms with Gasteiger partial charge in [0.25, 0.3) is 0 Å². The van der Waals surface area contributed by atoms with Gasteiger partial charge in [-0.1, -0.05) is 11.6 Å². The van der Waals surface area contributed by atoms with Crippen LogP contribution < -0.4 is 5.73 Å². The highest BCUT2D eigenvalue weighted by Gasteiger charge is 2.24. The average molecular weight is 351 g/mol. The molecule has 0 bridgehead atoms. The summed E-state index contributed by atoms with van der Waals surface area (Å²) in [6.45, 7) is 5.60. The molecule has 0 radical (unpaired) electrons. The van der Waals surface area contributed by atoms with Crippen LogP contribution in [0, 0.1) is 4.91 Å². The first kappa shape index (κ1) is 16.2. The number of nitrogens with two attached hydrogens (primary N) is 1. The second-order valence-electron chi connectivity index (χ2n) is 5.25. The van der Waals surface area contributed by atoms with E-state index in [1.807, 2.05) is 20.8 Å². The maximum atomic E-state index is 10.8. The number of nitrogens with zero attached hydrogens (tertiary/aromatic N) is 2. The number of β-amino-alcohol motifs (C(OH)–C–C–N with tert-alkyl or cyclic N) is 1. The van der Waals surface area contributed by atoms with E-state index >= 15 is 0 Å². The van der Waals surface area contributed by atoms with E-state index in [9.17, 15) is 10.0 Å². The molecule has 1 rings (SSSR count). The van der Waals surface area contributed by atoms with Gasteiger partial charge < -0.3 is 10.8 Å². The summed E-state index contributed by atoms with van der Waals surface area (Å²) in [6, 6.07) is 3.26. The van der Waals surface area contributed by atoms with Gasteiger partial charge in [-0.05, 0) is 54.4 Å². The highest BCUT2D eigenvalue weighted by Crippen LogP contribution is 2.32. The quantitative estimate of drug-likeness (QED) is 0.495. The fourth-order valence-corrected chi connectivity index (χ4v) is 2.32. The summed E-state index contributed by atoms with van der Waals surface area (Å²) in [4.78, 5) is 10.8. The summed E-state index contributed by atoms with van der Waals surface area (Å²) < 4.78 is 0.607. The van der Waals surface area contributed by atoms with Gasteiger partial charge in [0.15, 0.2) is 0 Å². The zero-order valence-electron chi connectivity index (χ0n) is 11.0. The SMILES string of the molecule is CC(C)(C)N(CC(O)c1cc(Cl)c(N)c(Br)c1)N=O. The van der Waals surface area contributed by atoms with Gasteiger partial charge in [0.05, 0.1) is 34.2 Å². The number of benzene rings is 1. The van der Waals surface area contributed by atoms with Crippen molar-refractivity contribution in [1.82, 2.24) is 5.01 Å². The first-order chi connectivity index (χ1) is 8.66. The largest absolute Gasteiger partial charge is 0.397 e. The number of rotatable bonds is 4. The molecule has 3 N–H and O–H groups in total. The summed E-state index contributed by atoms with van der Waals surface area (Å²) in [5, 5.41) is 14.7. The van der Waals surface area contributed by atoms with Gasteiger partial charge in [0, 0.05) is 4.47 Å². The number of hydrogen-bond acceptors (Lipinski definition) is 4. The molecule has 0 aliphatic carbocycles. The molecule has 1 unspecified atom stereocenters. The first-order valence-corrected chi connectivity index (χ1v) is 6.87. The van der Waals surface area contributed by atoms with Crippen molar-refractivity contribution in [3.63, 3.8) is 0 Å². The van der Waals surface area contributed by atoms with Crippen molar-refractivity contribution in [3.8, 4) is 0 Å². The van der Waals surface area contributed by atoms with Crippen molar-refractivity contribution in [1.29, 1.82) is 0 Å². The van der Waals surface area contributed by atoms with Crippen LogP contribution in [-0.2, 0) is 0 Å². The molecular formula is C12H17BrClN3O2. The first-order valence-electron chi connectivity index (χ1n) is 5.70. The molecule has 1 atom stereocenters. The third-order valence-electron chi connectivity index (χ3n) is 2.70. The second-order valence-corrected chi connectivity index (χ2v) is 6.51. The van der Waals surface area contributed by atoms with Crippen LogP contribution in [0.3, 0.4) is 0 Å². The molecule has 106 valence electrons. The lowest BCUT2D eigenvalue weighted by molar-refractivity contribution is 0.0591. The lowest BCUT2D eigenvalue weighted by Crippen LogP contribution is -2.39. The Balaban J connectivity index is 2.95. The third kappa shape index (κ3) is 4.06. The fraction of sp³-hybridized carbons (Fsp3) is 0.500. The van der Waals surface area contributed by atoms with Crippen LogP contribution >= 0.6 is 27.5 Å². The highest BCUT2D eigenvalue weighted by atomic mass is 79.9. The van der Waals surface area contributed by atoms with Crippen molar-refractivity contribution in [2.24, 2.45) is 5.29 Å². The Hall–Kier alpha value is -0.850. The lowest BCUT2D eigenvalue weighted by Gasteiger charge is -2.31. The Morgan fingerprint density at radius 1 is 1.53 bits per heavy atom. The Morgan fingerprint density at radius 2 is 2.11 bits per heavy atom. The molecule has 19 heavy (non-hydrogen) atoms. The number of nitrogen functional groups attached to an aromatic ring is 1. The van der Waals surface area contributed by atoms with Gasteiger partial charge in [-0.25, -0.2) is 0 Å². The summed E-state index contributed by atoms with van der Waals surface area (Å²) in [6.07, 6.45) is -0.883. The van der Waals surface area contributed by atoms with Gasteiger partial charge in [0.1, 0.15) is 0 Å². The van der Waals surface area contributed by atoms with E-state index in [0.717, 1.165) is 0 Å². The molecule has 0 saturated heterocycles. The number of aliphatic hydroxyl groups is 1. The summed E-state index contributed by atoms with van der Waals surface area (Å²) in [5.74, 6) is 0. The van der Waals surface area contributed by atoms with Crippen LogP contribution in [0.5, 0.6) is 0 Å². The number of nitroso groups, excluding NO2 is 1. The minimum atomic E-state index is -0.883. The highest BCUT2D eigenvalue weighted by molar-refractivity contribution is 9.10. The van der Waals surface area contributed by atoms with Crippen molar-refractivity contribution in [2.45, 2.75) is 32.4 Å². The van der Waals surface area contributed by atoms with Crippen LogP contribution in [0.2, 0.25) is 5.02 Å². The van der Waals surface area contributed by atoms with E-state index < -0.39 is 11.6 Å². The predicted molar refractivity (Wildman–Crippen MR) is 80.8 cm³/mol. The summed E-state index contributed by atoms with van der Waals surface area (Å²) in [7, 11) is 0. The molecule has 1 aromatic carbocycles. The maximum Gasteiger partial charge on any atom is 0.0984 e. The van der Waals surface area contributed by atoms with Gasteiger partial charge in [-0.2, -0.15) is 0 Å². The van der Waals surface area contributed by atoms with Crippen molar-refractivity contribution in [3.05, 3.63) is 32.1 Å². The molecule has 0 amide bonds. The fourth-order valence-electron chi connectivity index (χ4n) is 1.50. The van der Waals surface area contributed by atoms with Crippen molar-refractivity contribution < 1.29 is 5.11 Å². The standard InChI is InChI=1S/C12H17BrClN3O2/c1-12(2,3)17(16-19)6-10(18)7-4-8(13)11(15)9(14)5-7/h4-5,10,18H,6,15H2,1-3H3. The van der Waals surface area contributed by atoms with Crippen LogP contribution in [0.1, 0.15) is 32.4 Å². The molecule has 1 aromatic rings. The molecule has 0 aliphatic rings. The van der Waals surface area contributed by atoms with Gasteiger partial charge >= 0.3 is 0 Å². The summed E-state index contributed by atoms with van der Waals surface area (Å²) >= 11 is 9.23. The smallest absolute Gasteiger partial charge is 0.0984 e. The normalized spacial score (nSPS) is 13.2. The van der Waals surface area contributed by atoms with E-state index in [2.05, 4.69) is 21.2 Å². The van der Waals surface area contributed by atoms with E-state index in [-0.39, 0.29) is 6.54 Å². The van der Waals surface area contributed by atoms with Crippen LogP contribution in [0.4, 0.5) is 5.69 Å². The lowest BCUT2D eigenvalue weighted by atomic mass is 10.0. The molecular weight excluding hydrogens is 334 g/mol.